The van der Waals surface area contributed by atoms with Crippen molar-refractivity contribution in [1.29, 1.82) is 0 Å². The van der Waals surface area contributed by atoms with Crippen LogP contribution in [0.5, 0.6) is 0 Å². The Balaban J connectivity index is 1.81. The number of aryl methyl sites for hydroxylation is 2. The van der Waals surface area contributed by atoms with Gasteiger partial charge in [0.1, 0.15) is 6.54 Å². The summed E-state index contributed by atoms with van der Waals surface area (Å²) in [6, 6.07) is 9.53. The van der Waals surface area contributed by atoms with Gasteiger partial charge in [0.2, 0.25) is 5.91 Å². The summed E-state index contributed by atoms with van der Waals surface area (Å²) in [5.41, 5.74) is 2.81. The fourth-order valence-electron chi connectivity index (χ4n) is 2.53. The van der Waals surface area contributed by atoms with Crippen LogP contribution in [0.1, 0.15) is 11.1 Å². The minimum atomic E-state index is -0.207. The first-order valence-electron chi connectivity index (χ1n) is 6.98. The first-order chi connectivity index (χ1) is 10.5. The van der Waals surface area contributed by atoms with E-state index in [9.17, 15) is 9.59 Å². The van der Waals surface area contributed by atoms with Gasteiger partial charge in [-0.15, -0.1) is 11.3 Å². The molecule has 0 atom stereocenters. The van der Waals surface area contributed by atoms with Gasteiger partial charge in [0.05, 0.1) is 5.39 Å². The molecular weight excluding hydrogens is 296 g/mol. The number of aromatic nitrogens is 1. The number of carbonyl (C=O) groups excluding carboxylic acids is 1. The number of carbonyl (C=O) groups is 1. The molecule has 3 rings (SSSR count). The van der Waals surface area contributed by atoms with E-state index >= 15 is 0 Å². The van der Waals surface area contributed by atoms with Gasteiger partial charge in [0, 0.05) is 16.6 Å². The predicted molar refractivity (Wildman–Crippen MR) is 90.6 cm³/mol. The number of anilines is 1. The summed E-state index contributed by atoms with van der Waals surface area (Å²) in [4.78, 5) is 24.4. The van der Waals surface area contributed by atoms with Crippen LogP contribution in [0.3, 0.4) is 0 Å². The topological polar surface area (TPSA) is 51.1 Å². The van der Waals surface area contributed by atoms with E-state index in [2.05, 4.69) is 5.32 Å². The van der Waals surface area contributed by atoms with Gasteiger partial charge in [-0.3, -0.25) is 9.59 Å². The maximum absolute atomic E-state index is 12.3. The molecule has 22 heavy (non-hydrogen) atoms. The molecule has 0 aliphatic carbocycles. The number of hydrogen-bond donors (Lipinski definition) is 1. The van der Waals surface area contributed by atoms with Crippen LogP contribution in [0.25, 0.3) is 10.1 Å². The summed E-state index contributed by atoms with van der Waals surface area (Å²) in [7, 11) is 0. The van der Waals surface area contributed by atoms with Gasteiger partial charge < -0.3 is 9.88 Å². The van der Waals surface area contributed by atoms with Crippen molar-refractivity contribution in [1.82, 2.24) is 4.57 Å². The van der Waals surface area contributed by atoms with Gasteiger partial charge in [-0.2, -0.15) is 0 Å². The molecule has 0 spiro atoms. The van der Waals surface area contributed by atoms with Crippen LogP contribution in [-0.4, -0.2) is 10.5 Å². The van der Waals surface area contributed by atoms with Gasteiger partial charge in [-0.05, 0) is 54.6 Å². The van der Waals surface area contributed by atoms with E-state index in [0.717, 1.165) is 21.5 Å². The predicted octanol–water partition coefficient (Wildman–Crippen LogP) is 3.32. The van der Waals surface area contributed by atoms with Crippen LogP contribution in [0.2, 0.25) is 0 Å². The molecule has 0 saturated carbocycles. The van der Waals surface area contributed by atoms with Crippen LogP contribution in [0.15, 0.2) is 46.7 Å². The zero-order valence-corrected chi connectivity index (χ0v) is 13.2. The summed E-state index contributed by atoms with van der Waals surface area (Å²) in [6.07, 6.45) is 1.67. The Hall–Kier alpha value is -2.40. The molecule has 1 N–H and O–H groups in total. The molecule has 0 bridgehead atoms. The lowest BCUT2D eigenvalue weighted by Gasteiger charge is -2.09. The average Bonchev–Trinajstić information content (AvgIpc) is 2.90. The number of fused-ring (bicyclic) bond motifs is 1. The lowest BCUT2D eigenvalue weighted by molar-refractivity contribution is -0.116. The number of amides is 1. The van der Waals surface area contributed by atoms with E-state index in [1.54, 1.807) is 12.3 Å². The minimum Gasteiger partial charge on any atom is -0.325 e. The van der Waals surface area contributed by atoms with Gasteiger partial charge in [0.15, 0.2) is 0 Å². The molecular formula is C17H16N2O2S. The molecule has 0 unspecified atom stereocenters. The molecule has 1 aromatic carbocycles. The number of benzene rings is 1. The molecule has 2 heterocycles. The Kier molecular flexibility index (Phi) is 3.81. The quantitative estimate of drug-likeness (QED) is 0.806. The number of pyridine rings is 1. The third-order valence-corrected chi connectivity index (χ3v) is 4.29. The zero-order valence-electron chi connectivity index (χ0n) is 12.4. The summed E-state index contributed by atoms with van der Waals surface area (Å²) in [5.74, 6) is -0.207. The first-order valence-corrected chi connectivity index (χ1v) is 7.86. The average molecular weight is 312 g/mol. The van der Waals surface area contributed by atoms with Crippen molar-refractivity contribution in [3.8, 4) is 0 Å². The van der Waals surface area contributed by atoms with Crippen LogP contribution in [0, 0.1) is 13.8 Å². The Labute approximate surface area is 132 Å². The van der Waals surface area contributed by atoms with E-state index in [1.807, 2.05) is 43.5 Å². The van der Waals surface area contributed by atoms with E-state index in [1.165, 1.54) is 15.9 Å². The second kappa shape index (κ2) is 5.77. The van der Waals surface area contributed by atoms with E-state index in [-0.39, 0.29) is 18.0 Å². The maximum atomic E-state index is 12.3. The molecule has 0 fully saturated rings. The van der Waals surface area contributed by atoms with Crippen molar-refractivity contribution < 1.29 is 4.79 Å². The van der Waals surface area contributed by atoms with E-state index in [0.29, 0.717) is 5.39 Å². The molecule has 5 heteroatoms. The highest BCUT2D eigenvalue weighted by Gasteiger charge is 2.08. The summed E-state index contributed by atoms with van der Waals surface area (Å²) >= 11 is 1.52. The highest BCUT2D eigenvalue weighted by atomic mass is 32.1. The largest absolute Gasteiger partial charge is 0.325 e. The Morgan fingerprint density at radius 1 is 1.18 bits per heavy atom. The van der Waals surface area contributed by atoms with Crippen molar-refractivity contribution in [3.05, 3.63) is 63.4 Å². The standard InChI is InChI=1S/C17H16N2O2S/c1-11-7-12(2)9-13(8-11)18-16(20)10-19-5-3-15-14(17(19)21)4-6-22-15/h3-9H,10H2,1-2H3,(H,18,20). The number of nitrogens with one attached hydrogen (secondary N) is 1. The van der Waals surface area contributed by atoms with Gasteiger partial charge in [0.25, 0.3) is 5.56 Å². The van der Waals surface area contributed by atoms with E-state index in [4.69, 9.17) is 0 Å². The molecule has 0 radical (unpaired) electrons. The van der Waals surface area contributed by atoms with Crippen molar-refractivity contribution in [2.75, 3.05) is 5.32 Å². The highest BCUT2D eigenvalue weighted by Crippen LogP contribution is 2.16. The second-order valence-electron chi connectivity index (χ2n) is 5.37. The third-order valence-electron chi connectivity index (χ3n) is 3.41. The van der Waals surface area contributed by atoms with Crippen LogP contribution in [0.4, 0.5) is 5.69 Å². The molecule has 112 valence electrons. The third kappa shape index (κ3) is 2.94. The lowest BCUT2D eigenvalue weighted by atomic mass is 10.1. The fraction of sp³-hybridized carbons (Fsp3) is 0.176. The van der Waals surface area contributed by atoms with Crippen molar-refractivity contribution in [2.45, 2.75) is 20.4 Å². The number of rotatable bonds is 3. The van der Waals surface area contributed by atoms with Gasteiger partial charge in [-0.1, -0.05) is 6.07 Å². The van der Waals surface area contributed by atoms with Crippen LogP contribution in [-0.2, 0) is 11.3 Å². The van der Waals surface area contributed by atoms with E-state index < -0.39 is 0 Å². The van der Waals surface area contributed by atoms with Crippen LogP contribution >= 0.6 is 11.3 Å². The Morgan fingerprint density at radius 2 is 1.91 bits per heavy atom. The fourth-order valence-corrected chi connectivity index (χ4v) is 3.31. The summed E-state index contributed by atoms with van der Waals surface area (Å²) in [6.45, 7) is 3.98. The zero-order chi connectivity index (χ0) is 15.7. The highest BCUT2D eigenvalue weighted by molar-refractivity contribution is 7.17. The first kappa shape index (κ1) is 14.5. The van der Waals surface area contributed by atoms with Crippen molar-refractivity contribution >= 4 is 33.0 Å². The molecule has 0 saturated heterocycles. The smallest absolute Gasteiger partial charge is 0.259 e. The SMILES string of the molecule is Cc1cc(C)cc(NC(=O)Cn2ccc3sccc3c2=O)c1. The molecule has 4 nitrogen and oxygen atoms in total. The molecule has 2 aromatic heterocycles. The summed E-state index contributed by atoms with van der Waals surface area (Å²) in [5, 5.41) is 5.39. The summed E-state index contributed by atoms with van der Waals surface area (Å²) < 4.78 is 2.38. The number of thiophene rings is 1. The normalized spacial score (nSPS) is 10.8. The van der Waals surface area contributed by atoms with Gasteiger partial charge >= 0.3 is 0 Å². The van der Waals surface area contributed by atoms with Crippen molar-refractivity contribution in [3.63, 3.8) is 0 Å². The molecule has 3 aromatic rings. The molecule has 1 amide bonds. The van der Waals surface area contributed by atoms with Crippen LogP contribution < -0.4 is 10.9 Å². The Bertz CT molecular complexity index is 888. The number of nitrogens with zero attached hydrogens (tertiary/aromatic N) is 1. The van der Waals surface area contributed by atoms with Gasteiger partial charge in [-0.25, -0.2) is 0 Å². The molecule has 0 aliphatic heterocycles. The number of hydrogen-bond acceptors (Lipinski definition) is 3. The minimum absolute atomic E-state index is 0.0115. The second-order valence-corrected chi connectivity index (χ2v) is 6.32. The van der Waals surface area contributed by atoms with Crippen molar-refractivity contribution in [2.24, 2.45) is 0 Å². The lowest BCUT2D eigenvalue weighted by Crippen LogP contribution is -2.27. The Morgan fingerprint density at radius 3 is 2.64 bits per heavy atom. The monoisotopic (exact) mass is 312 g/mol. The molecule has 0 aliphatic rings. The maximum Gasteiger partial charge on any atom is 0.259 e.